The molecule has 122 valence electrons. The van der Waals surface area contributed by atoms with Gasteiger partial charge in [0, 0.05) is 13.1 Å². The minimum Gasteiger partial charge on any atom is -0.338 e. The quantitative estimate of drug-likeness (QED) is 0.930. The van der Waals surface area contributed by atoms with Gasteiger partial charge in [-0.2, -0.15) is 0 Å². The van der Waals surface area contributed by atoms with Crippen molar-refractivity contribution in [2.24, 2.45) is 0 Å². The Labute approximate surface area is 141 Å². The molecule has 2 fully saturated rings. The largest absolute Gasteiger partial charge is 0.338 e. The predicted molar refractivity (Wildman–Crippen MR) is 93.0 cm³/mol. The van der Waals surface area contributed by atoms with Crippen molar-refractivity contribution in [1.82, 2.24) is 9.88 Å². The first-order valence-corrected chi connectivity index (χ1v) is 9.58. The SMILES string of the molecule is O=C(C[NH+]1CCC[C@@H](c2nc3ccccc3s2)C1)N1CCCC1. The summed E-state index contributed by atoms with van der Waals surface area (Å²) >= 11 is 1.83. The van der Waals surface area contributed by atoms with Crippen molar-refractivity contribution in [3.05, 3.63) is 29.3 Å². The van der Waals surface area contributed by atoms with Gasteiger partial charge in [0.2, 0.25) is 0 Å². The van der Waals surface area contributed by atoms with Gasteiger partial charge >= 0.3 is 0 Å². The summed E-state index contributed by atoms with van der Waals surface area (Å²) in [6, 6.07) is 8.39. The maximum Gasteiger partial charge on any atom is 0.277 e. The molecule has 2 aromatic rings. The van der Waals surface area contributed by atoms with Crippen LogP contribution in [0.3, 0.4) is 0 Å². The fraction of sp³-hybridized carbons (Fsp3) is 0.556. The maximum absolute atomic E-state index is 12.4. The molecule has 3 heterocycles. The van der Waals surface area contributed by atoms with Gasteiger partial charge in [-0.15, -0.1) is 11.3 Å². The van der Waals surface area contributed by atoms with Crippen molar-refractivity contribution in [3.63, 3.8) is 0 Å². The van der Waals surface area contributed by atoms with Crippen molar-refractivity contribution in [3.8, 4) is 0 Å². The number of nitrogens with one attached hydrogen (secondary N) is 1. The van der Waals surface area contributed by atoms with Crippen LogP contribution in [0.5, 0.6) is 0 Å². The highest BCUT2D eigenvalue weighted by molar-refractivity contribution is 7.18. The Morgan fingerprint density at radius 3 is 2.91 bits per heavy atom. The van der Waals surface area contributed by atoms with Gasteiger partial charge in [0.15, 0.2) is 6.54 Å². The number of aromatic nitrogens is 1. The molecule has 4 nitrogen and oxygen atoms in total. The van der Waals surface area contributed by atoms with Gasteiger partial charge in [-0.1, -0.05) is 12.1 Å². The molecule has 0 aliphatic carbocycles. The molecule has 0 radical (unpaired) electrons. The van der Waals surface area contributed by atoms with Gasteiger partial charge in [-0.25, -0.2) is 4.98 Å². The molecular weight excluding hydrogens is 306 g/mol. The molecule has 0 spiro atoms. The third-order valence-electron chi connectivity index (χ3n) is 5.14. The third-order valence-corrected chi connectivity index (χ3v) is 6.34. The summed E-state index contributed by atoms with van der Waals surface area (Å²) in [5.74, 6) is 0.866. The Balaban J connectivity index is 1.43. The van der Waals surface area contributed by atoms with Crippen LogP contribution >= 0.6 is 11.3 Å². The average Bonchev–Trinajstić information content (AvgIpc) is 3.24. The highest BCUT2D eigenvalue weighted by atomic mass is 32.1. The normalized spacial score (nSPS) is 25.1. The van der Waals surface area contributed by atoms with Crippen LogP contribution in [0.2, 0.25) is 0 Å². The van der Waals surface area contributed by atoms with Gasteiger partial charge < -0.3 is 9.80 Å². The number of rotatable bonds is 3. The number of fused-ring (bicyclic) bond motifs is 1. The van der Waals surface area contributed by atoms with E-state index in [1.807, 2.05) is 16.2 Å². The van der Waals surface area contributed by atoms with Crippen LogP contribution in [0, 0.1) is 0 Å². The Hall–Kier alpha value is -1.46. The van der Waals surface area contributed by atoms with Crippen LogP contribution in [0.4, 0.5) is 0 Å². The minimum atomic E-state index is 0.349. The lowest BCUT2D eigenvalue weighted by Crippen LogP contribution is -3.14. The summed E-state index contributed by atoms with van der Waals surface area (Å²) in [7, 11) is 0. The standard InChI is InChI=1S/C18H23N3OS/c22-17(21-10-3-4-11-21)13-20-9-5-6-14(12-20)18-19-15-7-1-2-8-16(15)23-18/h1-2,7-8,14H,3-6,9-13H2/p+1/t14-/m1/s1. The van der Waals surface area contributed by atoms with E-state index in [2.05, 4.69) is 24.3 Å². The molecular formula is C18H24N3OS+. The van der Waals surface area contributed by atoms with Crippen molar-refractivity contribution in [1.29, 1.82) is 0 Å². The fourth-order valence-electron chi connectivity index (χ4n) is 3.88. The number of hydrogen-bond acceptors (Lipinski definition) is 3. The van der Waals surface area contributed by atoms with Gasteiger partial charge in [0.1, 0.15) is 5.01 Å². The summed E-state index contributed by atoms with van der Waals surface area (Å²) in [6.07, 6.45) is 4.76. The first kappa shape index (κ1) is 15.1. The van der Waals surface area contributed by atoms with E-state index in [0.717, 1.165) is 31.7 Å². The van der Waals surface area contributed by atoms with E-state index in [0.29, 0.717) is 18.4 Å². The zero-order valence-electron chi connectivity index (χ0n) is 13.5. The highest BCUT2D eigenvalue weighted by Gasteiger charge is 2.30. The highest BCUT2D eigenvalue weighted by Crippen LogP contribution is 2.30. The Kier molecular flexibility index (Phi) is 4.31. The zero-order chi connectivity index (χ0) is 15.6. The smallest absolute Gasteiger partial charge is 0.277 e. The topological polar surface area (TPSA) is 37.6 Å². The lowest BCUT2D eigenvalue weighted by atomic mass is 9.99. The summed E-state index contributed by atoms with van der Waals surface area (Å²) in [6.45, 7) is 4.78. The van der Waals surface area contributed by atoms with Crippen LogP contribution in [-0.2, 0) is 4.79 Å². The average molecular weight is 330 g/mol. The number of hydrogen-bond donors (Lipinski definition) is 1. The second kappa shape index (κ2) is 6.57. The summed E-state index contributed by atoms with van der Waals surface area (Å²) in [5.41, 5.74) is 1.12. The molecule has 2 saturated heterocycles. The van der Waals surface area contributed by atoms with E-state index in [4.69, 9.17) is 4.98 Å². The van der Waals surface area contributed by atoms with Crippen LogP contribution in [0.15, 0.2) is 24.3 Å². The molecule has 0 bridgehead atoms. The number of amides is 1. The monoisotopic (exact) mass is 330 g/mol. The van der Waals surface area contributed by atoms with Crippen molar-refractivity contribution >= 4 is 27.5 Å². The Morgan fingerprint density at radius 1 is 1.26 bits per heavy atom. The van der Waals surface area contributed by atoms with Crippen molar-refractivity contribution < 1.29 is 9.69 Å². The minimum absolute atomic E-state index is 0.349. The van der Waals surface area contributed by atoms with Gasteiger partial charge in [0.25, 0.3) is 5.91 Å². The van der Waals surface area contributed by atoms with Crippen molar-refractivity contribution in [2.45, 2.75) is 31.6 Å². The first-order chi connectivity index (χ1) is 11.3. The Bertz CT molecular complexity index is 659. The van der Waals surface area contributed by atoms with E-state index in [9.17, 15) is 4.79 Å². The molecule has 1 amide bonds. The second-order valence-corrected chi connectivity index (χ2v) is 7.89. The molecule has 5 heteroatoms. The third kappa shape index (κ3) is 3.26. The van der Waals surface area contributed by atoms with Crippen LogP contribution in [0.1, 0.15) is 36.6 Å². The van der Waals surface area contributed by atoms with E-state index in [1.165, 1.54) is 40.3 Å². The number of likely N-dealkylation sites (tertiary alicyclic amines) is 2. The Morgan fingerprint density at radius 2 is 2.09 bits per heavy atom. The van der Waals surface area contributed by atoms with Crippen molar-refractivity contribution in [2.75, 3.05) is 32.7 Å². The molecule has 1 aromatic heterocycles. The molecule has 1 aromatic carbocycles. The number of para-hydroxylation sites is 1. The molecule has 23 heavy (non-hydrogen) atoms. The van der Waals surface area contributed by atoms with E-state index in [-0.39, 0.29) is 0 Å². The second-order valence-electron chi connectivity index (χ2n) is 6.83. The van der Waals surface area contributed by atoms with Gasteiger partial charge in [0.05, 0.1) is 29.2 Å². The first-order valence-electron chi connectivity index (χ1n) is 8.76. The molecule has 0 saturated carbocycles. The molecule has 2 aliphatic heterocycles. The van der Waals surface area contributed by atoms with E-state index < -0.39 is 0 Å². The molecule has 1 N–H and O–H groups in total. The van der Waals surface area contributed by atoms with E-state index >= 15 is 0 Å². The van der Waals surface area contributed by atoms with Crippen LogP contribution < -0.4 is 4.90 Å². The molecule has 4 rings (SSSR count). The molecule has 1 unspecified atom stereocenters. The molecule has 2 aliphatic rings. The lowest BCUT2D eigenvalue weighted by molar-refractivity contribution is -0.898. The van der Waals surface area contributed by atoms with Crippen LogP contribution in [0.25, 0.3) is 10.2 Å². The fourth-order valence-corrected chi connectivity index (χ4v) is 4.98. The van der Waals surface area contributed by atoms with Crippen LogP contribution in [-0.4, -0.2) is 48.5 Å². The lowest BCUT2D eigenvalue weighted by Gasteiger charge is -2.29. The summed E-state index contributed by atoms with van der Waals surface area (Å²) in [5, 5.41) is 1.26. The number of quaternary nitrogens is 1. The van der Waals surface area contributed by atoms with E-state index in [1.54, 1.807) is 0 Å². The summed E-state index contributed by atoms with van der Waals surface area (Å²) in [4.78, 5) is 20.7. The zero-order valence-corrected chi connectivity index (χ0v) is 14.3. The summed E-state index contributed by atoms with van der Waals surface area (Å²) < 4.78 is 1.28. The number of thiazole rings is 1. The number of piperidine rings is 1. The molecule has 2 atom stereocenters. The van der Waals surface area contributed by atoms with Gasteiger partial charge in [-0.3, -0.25) is 4.79 Å². The predicted octanol–water partition coefficient (Wildman–Crippen LogP) is 1.68. The van der Waals surface area contributed by atoms with Gasteiger partial charge in [-0.05, 0) is 37.8 Å². The number of carbonyl (C=O) groups excluding carboxylic acids is 1. The maximum atomic E-state index is 12.4. The number of nitrogens with zero attached hydrogens (tertiary/aromatic N) is 2. The number of benzene rings is 1. The number of carbonyl (C=O) groups is 1.